The second kappa shape index (κ2) is 9.79. The van der Waals surface area contributed by atoms with Crippen molar-refractivity contribution in [3.63, 3.8) is 0 Å². The van der Waals surface area contributed by atoms with Crippen LogP contribution in [-0.2, 0) is 30.4 Å². The third-order valence-corrected chi connectivity index (χ3v) is 3.41. The van der Waals surface area contributed by atoms with Gasteiger partial charge in [0.2, 0.25) is 6.79 Å². The fraction of sp³-hybridized carbons (Fsp3) is 0.526. The molecule has 0 bridgehead atoms. The van der Waals surface area contributed by atoms with Crippen LogP contribution in [0.25, 0.3) is 0 Å². The standard InChI is InChI=1S/C19H27NO6/c1-14(2)17(22)25-13-26-18(23)20(19(3,4)5)11-16(21)24-12-15-9-7-6-8-10-15/h6-10,14H,11-13H2,1-5H3. The summed E-state index contributed by atoms with van der Waals surface area (Å²) in [5.74, 6) is -1.34. The van der Waals surface area contributed by atoms with E-state index in [1.165, 1.54) is 4.90 Å². The number of hydrogen-bond donors (Lipinski definition) is 0. The minimum Gasteiger partial charge on any atom is -0.459 e. The second-order valence-electron chi connectivity index (χ2n) is 7.05. The van der Waals surface area contributed by atoms with Crippen molar-refractivity contribution in [1.29, 1.82) is 0 Å². The highest BCUT2D eigenvalue weighted by Crippen LogP contribution is 2.15. The molecule has 1 amide bonds. The van der Waals surface area contributed by atoms with Crippen molar-refractivity contribution in [2.45, 2.75) is 46.8 Å². The molecule has 1 aromatic carbocycles. The average molecular weight is 365 g/mol. The van der Waals surface area contributed by atoms with Crippen molar-refractivity contribution in [3.05, 3.63) is 35.9 Å². The molecule has 0 aliphatic carbocycles. The predicted molar refractivity (Wildman–Crippen MR) is 95.0 cm³/mol. The van der Waals surface area contributed by atoms with Crippen molar-refractivity contribution < 1.29 is 28.6 Å². The maximum atomic E-state index is 12.3. The third kappa shape index (κ3) is 7.55. The molecule has 26 heavy (non-hydrogen) atoms. The zero-order valence-corrected chi connectivity index (χ0v) is 16.0. The Morgan fingerprint density at radius 2 is 1.62 bits per heavy atom. The van der Waals surface area contributed by atoms with E-state index in [4.69, 9.17) is 14.2 Å². The van der Waals surface area contributed by atoms with Gasteiger partial charge < -0.3 is 14.2 Å². The van der Waals surface area contributed by atoms with Gasteiger partial charge in [-0.2, -0.15) is 0 Å². The molecule has 0 aliphatic heterocycles. The molecule has 0 aromatic heterocycles. The lowest BCUT2D eigenvalue weighted by molar-refractivity contribution is -0.157. The monoisotopic (exact) mass is 365 g/mol. The molecule has 0 fully saturated rings. The van der Waals surface area contributed by atoms with Crippen LogP contribution in [0.5, 0.6) is 0 Å². The Morgan fingerprint density at radius 3 is 2.15 bits per heavy atom. The molecule has 7 heteroatoms. The molecule has 0 saturated heterocycles. The zero-order valence-electron chi connectivity index (χ0n) is 16.0. The van der Waals surface area contributed by atoms with E-state index in [1.54, 1.807) is 34.6 Å². The van der Waals surface area contributed by atoms with Crippen LogP contribution in [0.1, 0.15) is 40.2 Å². The highest BCUT2D eigenvalue weighted by Gasteiger charge is 2.30. The van der Waals surface area contributed by atoms with Crippen LogP contribution in [-0.4, -0.2) is 41.8 Å². The number of amides is 1. The molecule has 144 valence electrons. The summed E-state index contributed by atoms with van der Waals surface area (Å²) in [7, 11) is 0. The molecule has 0 radical (unpaired) electrons. The van der Waals surface area contributed by atoms with Crippen molar-refractivity contribution in [1.82, 2.24) is 4.90 Å². The molecule has 1 aromatic rings. The largest absolute Gasteiger partial charge is 0.459 e. The van der Waals surface area contributed by atoms with Crippen molar-refractivity contribution in [3.8, 4) is 0 Å². The minimum absolute atomic E-state index is 0.124. The Labute approximate surface area is 154 Å². The molecule has 0 unspecified atom stereocenters. The summed E-state index contributed by atoms with van der Waals surface area (Å²) < 4.78 is 15.0. The molecule has 0 saturated carbocycles. The maximum absolute atomic E-state index is 12.3. The van der Waals surface area contributed by atoms with Crippen molar-refractivity contribution in [2.75, 3.05) is 13.3 Å². The number of hydrogen-bond acceptors (Lipinski definition) is 6. The van der Waals surface area contributed by atoms with Gasteiger partial charge in [-0.15, -0.1) is 0 Å². The van der Waals surface area contributed by atoms with E-state index >= 15 is 0 Å². The summed E-state index contributed by atoms with van der Waals surface area (Å²) in [6, 6.07) is 9.24. The molecule has 1 rings (SSSR count). The number of ether oxygens (including phenoxy) is 3. The Hall–Kier alpha value is -2.57. The number of benzene rings is 1. The Balaban J connectivity index is 2.56. The fourth-order valence-electron chi connectivity index (χ4n) is 1.87. The summed E-state index contributed by atoms with van der Waals surface area (Å²) in [5, 5.41) is 0. The highest BCUT2D eigenvalue weighted by atomic mass is 16.7. The first-order chi connectivity index (χ1) is 12.1. The number of esters is 2. The molecule has 0 atom stereocenters. The van der Waals surface area contributed by atoms with Crippen LogP contribution >= 0.6 is 0 Å². The van der Waals surface area contributed by atoms with Crippen LogP contribution in [0.2, 0.25) is 0 Å². The molecule has 0 aliphatic rings. The average Bonchev–Trinajstić information content (AvgIpc) is 2.57. The van der Waals surface area contributed by atoms with Gasteiger partial charge in [-0.05, 0) is 26.3 Å². The molecular weight excluding hydrogens is 338 g/mol. The summed E-state index contributed by atoms with van der Waals surface area (Å²) in [5.41, 5.74) is 0.177. The minimum atomic E-state index is -0.759. The lowest BCUT2D eigenvalue weighted by Crippen LogP contribution is -2.49. The first-order valence-corrected chi connectivity index (χ1v) is 8.42. The van der Waals surface area contributed by atoms with E-state index in [-0.39, 0.29) is 19.1 Å². The molecular formula is C19H27NO6. The lowest BCUT2D eigenvalue weighted by atomic mass is 10.1. The third-order valence-electron chi connectivity index (χ3n) is 3.41. The van der Waals surface area contributed by atoms with Gasteiger partial charge in [0.25, 0.3) is 0 Å². The van der Waals surface area contributed by atoms with Crippen LogP contribution < -0.4 is 0 Å². The highest BCUT2D eigenvalue weighted by molar-refractivity contribution is 5.78. The number of carbonyl (C=O) groups is 3. The van der Waals surface area contributed by atoms with Crippen LogP contribution in [0.15, 0.2) is 30.3 Å². The molecule has 0 N–H and O–H groups in total. The van der Waals surface area contributed by atoms with Crippen LogP contribution in [0.3, 0.4) is 0 Å². The molecule has 0 heterocycles. The lowest BCUT2D eigenvalue weighted by Gasteiger charge is -2.33. The van der Waals surface area contributed by atoms with Gasteiger partial charge in [0.1, 0.15) is 13.2 Å². The fourth-order valence-corrected chi connectivity index (χ4v) is 1.87. The van der Waals surface area contributed by atoms with E-state index in [9.17, 15) is 14.4 Å². The summed E-state index contributed by atoms with van der Waals surface area (Å²) in [4.78, 5) is 37.0. The smallest absolute Gasteiger partial charge is 0.413 e. The SMILES string of the molecule is CC(C)C(=O)OCOC(=O)N(CC(=O)OCc1ccccc1)C(C)(C)C. The number of nitrogens with zero attached hydrogens (tertiary/aromatic N) is 1. The topological polar surface area (TPSA) is 82.1 Å². The Kier molecular flexibility index (Phi) is 8.09. The second-order valence-corrected chi connectivity index (χ2v) is 7.05. The number of rotatable bonds is 7. The van der Waals surface area contributed by atoms with Crippen molar-refractivity contribution in [2.24, 2.45) is 5.92 Å². The summed E-state index contributed by atoms with van der Waals surface area (Å²) >= 11 is 0. The first-order valence-electron chi connectivity index (χ1n) is 8.42. The normalized spacial score (nSPS) is 11.0. The van der Waals surface area contributed by atoms with Gasteiger partial charge in [-0.3, -0.25) is 14.5 Å². The van der Waals surface area contributed by atoms with E-state index in [1.807, 2.05) is 30.3 Å². The predicted octanol–water partition coefficient (Wildman–Crippen LogP) is 3.12. The van der Waals surface area contributed by atoms with Gasteiger partial charge in [0.05, 0.1) is 5.92 Å². The van der Waals surface area contributed by atoms with Gasteiger partial charge >= 0.3 is 18.0 Å². The van der Waals surface area contributed by atoms with Gasteiger partial charge in [0.15, 0.2) is 0 Å². The Bertz CT molecular complexity index is 606. The molecule has 7 nitrogen and oxygen atoms in total. The van der Waals surface area contributed by atoms with Crippen LogP contribution in [0.4, 0.5) is 4.79 Å². The van der Waals surface area contributed by atoms with Gasteiger partial charge in [-0.25, -0.2) is 4.79 Å². The number of carbonyl (C=O) groups excluding carboxylic acids is 3. The van der Waals surface area contributed by atoms with Gasteiger partial charge in [-0.1, -0.05) is 44.2 Å². The van der Waals surface area contributed by atoms with Crippen molar-refractivity contribution >= 4 is 18.0 Å². The first kappa shape index (κ1) is 21.5. The summed E-state index contributed by atoms with van der Waals surface area (Å²) in [6.45, 7) is 7.99. The van der Waals surface area contributed by atoms with E-state index in [2.05, 4.69) is 0 Å². The quantitative estimate of drug-likeness (QED) is 0.545. The Morgan fingerprint density at radius 1 is 1.00 bits per heavy atom. The maximum Gasteiger partial charge on any atom is 0.413 e. The van der Waals surface area contributed by atoms with E-state index in [0.717, 1.165) is 5.56 Å². The van der Waals surface area contributed by atoms with E-state index in [0.29, 0.717) is 0 Å². The summed E-state index contributed by atoms with van der Waals surface area (Å²) in [6.07, 6.45) is -0.759. The molecule has 0 spiro atoms. The van der Waals surface area contributed by atoms with Crippen LogP contribution in [0, 0.1) is 5.92 Å². The van der Waals surface area contributed by atoms with E-state index < -0.39 is 30.4 Å². The zero-order chi connectivity index (χ0) is 19.7. The van der Waals surface area contributed by atoms with Gasteiger partial charge in [0, 0.05) is 5.54 Å².